The zero-order valence-corrected chi connectivity index (χ0v) is 21.9. The van der Waals surface area contributed by atoms with Gasteiger partial charge in [0.15, 0.2) is 0 Å². The molecule has 1 rings (SSSR count). The predicted octanol–water partition coefficient (Wildman–Crippen LogP) is 1.24. The fourth-order valence-corrected chi connectivity index (χ4v) is 3.01. The Hall–Kier alpha value is -0.294. The van der Waals surface area contributed by atoms with Crippen LogP contribution in [0, 0.1) is 11.8 Å². The van der Waals surface area contributed by atoms with E-state index in [1.807, 2.05) is 27.7 Å². The predicted molar refractivity (Wildman–Crippen MR) is 106 cm³/mol. The Labute approximate surface area is 217 Å². The maximum atomic E-state index is 12.2. The van der Waals surface area contributed by atoms with Crippen LogP contribution in [-0.4, -0.2) is 38.1 Å². The monoisotopic (exact) mass is 454 g/mol. The Morgan fingerprint density at radius 2 is 1.48 bits per heavy atom. The molecule has 0 aliphatic rings. The maximum absolute atomic E-state index is 12.2. The molecule has 0 heterocycles. The van der Waals surface area contributed by atoms with Gasteiger partial charge in [-0.25, -0.2) is 9.59 Å². The molecule has 1 aromatic rings. The molecular weight excluding hydrogens is 423 g/mol. The van der Waals surface area contributed by atoms with Crippen LogP contribution in [0.5, 0.6) is 0 Å². The van der Waals surface area contributed by atoms with Crippen LogP contribution in [-0.2, 0) is 19.6 Å². The average Bonchev–Trinajstić information content (AvgIpc) is 2.66. The number of benzene rings is 1. The second kappa shape index (κ2) is 13.9. The van der Waals surface area contributed by atoms with Crippen LogP contribution >= 0.6 is 0 Å². The van der Waals surface area contributed by atoms with Crippen molar-refractivity contribution in [3.63, 3.8) is 0 Å². The van der Waals surface area contributed by atoms with Crippen molar-refractivity contribution in [3.8, 4) is 0 Å². The summed E-state index contributed by atoms with van der Waals surface area (Å²) in [6.07, 6.45) is 3.22. The van der Waals surface area contributed by atoms with Gasteiger partial charge in [0.25, 0.3) is 10.1 Å². The molecule has 0 aromatic heterocycles. The fourth-order valence-electron chi connectivity index (χ4n) is 2.31. The van der Waals surface area contributed by atoms with Gasteiger partial charge < -0.3 is 10.9 Å². The van der Waals surface area contributed by atoms with Crippen molar-refractivity contribution in [2.75, 3.05) is 13.2 Å². The van der Waals surface area contributed by atoms with Gasteiger partial charge in [0.2, 0.25) is 0 Å². The zero-order valence-electron chi connectivity index (χ0n) is 18.9. The minimum atomic E-state index is -4.73. The van der Waals surface area contributed by atoms with E-state index >= 15 is 0 Å². The second-order valence-electron chi connectivity index (χ2n) is 7.06. The van der Waals surface area contributed by atoms with E-state index in [-0.39, 0.29) is 77.2 Å². The van der Waals surface area contributed by atoms with Gasteiger partial charge in [-0.1, -0.05) is 40.5 Å². The minimum absolute atomic E-state index is 0. The first-order valence-corrected chi connectivity index (χ1v) is 11.0. The summed E-state index contributed by atoms with van der Waals surface area (Å²) in [5.41, 5.74) is -0.379. The first-order chi connectivity index (χ1) is 13.1. The van der Waals surface area contributed by atoms with E-state index in [0.717, 1.165) is 25.0 Å². The third-order valence-corrected chi connectivity index (χ3v) is 5.69. The number of hydrogen-bond donors (Lipinski definition) is 1. The average molecular weight is 455 g/mol. The van der Waals surface area contributed by atoms with Crippen molar-refractivity contribution in [1.29, 1.82) is 0 Å². The number of esters is 2. The largest absolute Gasteiger partial charge is 1.00 e. The number of rotatable bonds is 11. The molecular formula is C20H31KO7S. The summed E-state index contributed by atoms with van der Waals surface area (Å²) in [5.74, 6) is -0.826. The molecule has 7 nitrogen and oxygen atoms in total. The molecule has 1 N–H and O–H groups in total. The second-order valence-corrected chi connectivity index (χ2v) is 8.45. The summed E-state index contributed by atoms with van der Waals surface area (Å²) < 4.78 is 43.1. The van der Waals surface area contributed by atoms with Crippen LogP contribution in [0.25, 0.3) is 0 Å². The Balaban J connectivity index is 0. The van der Waals surface area contributed by atoms with Gasteiger partial charge in [0.05, 0.1) is 24.3 Å². The molecule has 9 heteroatoms. The third kappa shape index (κ3) is 10.0. The van der Waals surface area contributed by atoms with Crippen LogP contribution < -0.4 is 51.4 Å². The van der Waals surface area contributed by atoms with E-state index in [4.69, 9.17) is 9.47 Å². The number of carbonyl (C=O) groups excluding carboxylic acids is 2. The van der Waals surface area contributed by atoms with Gasteiger partial charge in [-0.2, -0.15) is 8.42 Å². The molecule has 1 aromatic carbocycles. The van der Waals surface area contributed by atoms with Crippen LogP contribution in [0.2, 0.25) is 0 Å². The summed E-state index contributed by atoms with van der Waals surface area (Å²) in [5, 5.41) is 0. The van der Waals surface area contributed by atoms with E-state index < -0.39 is 27.0 Å². The minimum Gasteiger partial charge on any atom is -1.00 e. The molecule has 0 aliphatic heterocycles. The number of hydrogen-bond acceptors (Lipinski definition) is 6. The van der Waals surface area contributed by atoms with Crippen LogP contribution in [0.4, 0.5) is 0 Å². The Kier molecular flexibility index (Phi) is 13.8. The van der Waals surface area contributed by atoms with Gasteiger partial charge in [0.1, 0.15) is 4.90 Å². The quantitative estimate of drug-likeness (QED) is 0.304. The SMILES string of the molecule is CCC(C)CCOC(=O)c1ccc(C(=O)OCCC(C)CC)c(S(=O)(=O)O)c1.[H-].[K+]. The van der Waals surface area contributed by atoms with Crippen molar-refractivity contribution in [2.24, 2.45) is 11.8 Å². The van der Waals surface area contributed by atoms with Crippen molar-refractivity contribution in [2.45, 2.75) is 58.3 Å². The summed E-state index contributed by atoms with van der Waals surface area (Å²) in [6, 6.07) is 3.37. The van der Waals surface area contributed by atoms with E-state index in [1.54, 1.807) is 0 Å². The van der Waals surface area contributed by atoms with Crippen molar-refractivity contribution >= 4 is 22.1 Å². The number of ether oxygens (including phenoxy) is 2. The molecule has 2 atom stereocenters. The molecule has 2 unspecified atom stereocenters. The van der Waals surface area contributed by atoms with E-state index in [2.05, 4.69) is 0 Å². The molecule has 0 radical (unpaired) electrons. The van der Waals surface area contributed by atoms with Gasteiger partial charge in [-0.05, 0) is 42.9 Å². The van der Waals surface area contributed by atoms with Gasteiger partial charge in [-0.15, -0.1) is 0 Å². The zero-order chi connectivity index (χ0) is 21.3. The van der Waals surface area contributed by atoms with E-state index in [9.17, 15) is 22.6 Å². The summed E-state index contributed by atoms with van der Waals surface area (Å²) >= 11 is 0. The summed E-state index contributed by atoms with van der Waals surface area (Å²) in [4.78, 5) is 23.7. The normalized spacial score (nSPS) is 13.1. The van der Waals surface area contributed by atoms with Crippen molar-refractivity contribution in [3.05, 3.63) is 29.3 Å². The summed E-state index contributed by atoms with van der Waals surface area (Å²) in [6.45, 7) is 8.44. The molecule has 0 amide bonds. The van der Waals surface area contributed by atoms with Gasteiger partial charge in [-0.3, -0.25) is 4.55 Å². The molecule has 0 spiro atoms. The van der Waals surface area contributed by atoms with Gasteiger partial charge >= 0.3 is 63.3 Å². The van der Waals surface area contributed by atoms with Crippen molar-refractivity contribution in [1.82, 2.24) is 0 Å². The topological polar surface area (TPSA) is 107 Å². The van der Waals surface area contributed by atoms with Crippen LogP contribution in [0.1, 0.15) is 75.5 Å². The van der Waals surface area contributed by atoms with Gasteiger partial charge in [0, 0.05) is 0 Å². The molecule has 0 fully saturated rings. The molecule has 29 heavy (non-hydrogen) atoms. The Morgan fingerprint density at radius 1 is 1.00 bits per heavy atom. The number of carbonyl (C=O) groups is 2. The van der Waals surface area contributed by atoms with E-state index in [0.29, 0.717) is 24.7 Å². The molecule has 0 aliphatic carbocycles. The van der Waals surface area contributed by atoms with Crippen LogP contribution in [0.3, 0.4) is 0 Å². The Bertz CT molecular complexity index is 783. The van der Waals surface area contributed by atoms with E-state index in [1.165, 1.54) is 6.07 Å². The smallest absolute Gasteiger partial charge is 1.00 e. The maximum Gasteiger partial charge on any atom is 1.00 e. The van der Waals surface area contributed by atoms with Crippen molar-refractivity contribution < 1.29 is 84.8 Å². The molecule has 0 saturated carbocycles. The first-order valence-electron chi connectivity index (χ1n) is 9.55. The summed E-state index contributed by atoms with van der Waals surface area (Å²) in [7, 11) is -4.73. The first kappa shape index (κ1) is 28.7. The standard InChI is InChI=1S/C20H30O7S.K.H/c1-5-14(3)9-11-26-19(21)16-7-8-17(18(13-16)28(23,24)25)20(22)27-12-10-15(4)6-2;;/h7-8,13-15H,5-6,9-12H2,1-4H3,(H,23,24,25);;/q;+1;-1. The molecule has 0 bridgehead atoms. The fraction of sp³-hybridized carbons (Fsp3) is 0.600. The molecule has 160 valence electrons. The molecule has 0 saturated heterocycles. The third-order valence-electron chi connectivity index (χ3n) is 4.80. The van der Waals surface area contributed by atoms with Crippen LogP contribution in [0.15, 0.2) is 23.1 Å². The Morgan fingerprint density at radius 3 is 1.93 bits per heavy atom.